The average molecular weight is 266 g/mol. The Balaban J connectivity index is 1.93. The van der Waals surface area contributed by atoms with Gasteiger partial charge in [0.2, 0.25) is 0 Å². The highest BCUT2D eigenvalue weighted by Crippen LogP contribution is 2.32. The molecule has 1 saturated heterocycles. The average Bonchev–Trinajstić information content (AvgIpc) is 2.46. The Labute approximate surface area is 120 Å². The van der Waals surface area contributed by atoms with Crippen molar-refractivity contribution in [2.24, 2.45) is 11.8 Å². The molecule has 0 aromatic rings. The lowest BCUT2D eigenvalue weighted by Gasteiger charge is -2.45. The van der Waals surface area contributed by atoms with Gasteiger partial charge in [-0.2, -0.15) is 0 Å². The van der Waals surface area contributed by atoms with Crippen molar-refractivity contribution in [1.82, 2.24) is 10.2 Å². The van der Waals surface area contributed by atoms with Crippen LogP contribution in [0.2, 0.25) is 0 Å². The fraction of sp³-hybridized carbons (Fsp3) is 1.00. The van der Waals surface area contributed by atoms with E-state index in [-0.39, 0.29) is 0 Å². The minimum absolute atomic E-state index is 0.760. The van der Waals surface area contributed by atoms with Crippen molar-refractivity contribution < 1.29 is 0 Å². The van der Waals surface area contributed by atoms with Gasteiger partial charge in [0.05, 0.1) is 0 Å². The second kappa shape index (κ2) is 7.64. The Morgan fingerprint density at radius 1 is 1.05 bits per heavy atom. The van der Waals surface area contributed by atoms with Gasteiger partial charge in [0.15, 0.2) is 0 Å². The fourth-order valence-corrected chi connectivity index (χ4v) is 3.93. The van der Waals surface area contributed by atoms with Crippen molar-refractivity contribution in [3.63, 3.8) is 0 Å². The van der Waals surface area contributed by atoms with Crippen LogP contribution in [0.25, 0.3) is 0 Å². The van der Waals surface area contributed by atoms with Crippen LogP contribution in [0, 0.1) is 11.8 Å². The molecule has 1 aliphatic heterocycles. The van der Waals surface area contributed by atoms with E-state index in [2.05, 4.69) is 31.0 Å². The number of rotatable bonds is 5. The van der Waals surface area contributed by atoms with Gasteiger partial charge in [-0.1, -0.05) is 27.2 Å². The summed E-state index contributed by atoms with van der Waals surface area (Å²) in [6, 6.07) is 1.58. The van der Waals surface area contributed by atoms with Gasteiger partial charge in [-0.05, 0) is 70.0 Å². The van der Waals surface area contributed by atoms with Crippen LogP contribution in [-0.2, 0) is 0 Å². The monoisotopic (exact) mass is 266 g/mol. The lowest BCUT2D eigenvalue weighted by Crippen LogP contribution is -2.55. The smallest absolute Gasteiger partial charge is 0.0251 e. The molecule has 0 aromatic carbocycles. The van der Waals surface area contributed by atoms with E-state index in [0.29, 0.717) is 0 Å². The van der Waals surface area contributed by atoms with E-state index in [0.717, 1.165) is 23.9 Å². The highest BCUT2D eigenvalue weighted by atomic mass is 15.2. The zero-order valence-corrected chi connectivity index (χ0v) is 13.3. The second-order valence-corrected chi connectivity index (χ2v) is 6.93. The van der Waals surface area contributed by atoms with Gasteiger partial charge >= 0.3 is 0 Å². The predicted octanol–water partition coefficient (Wildman–Crippen LogP) is 3.67. The number of hydrogen-bond acceptors (Lipinski definition) is 2. The largest absolute Gasteiger partial charge is 0.312 e. The van der Waals surface area contributed by atoms with Crippen molar-refractivity contribution in [2.75, 3.05) is 19.6 Å². The van der Waals surface area contributed by atoms with Gasteiger partial charge in [0.25, 0.3) is 0 Å². The number of nitrogens with one attached hydrogen (secondary N) is 1. The number of nitrogens with zero attached hydrogens (tertiary/aromatic N) is 1. The van der Waals surface area contributed by atoms with Gasteiger partial charge < -0.3 is 5.32 Å². The molecule has 2 aliphatic rings. The molecule has 19 heavy (non-hydrogen) atoms. The van der Waals surface area contributed by atoms with E-state index in [1.54, 1.807) is 0 Å². The summed E-state index contributed by atoms with van der Waals surface area (Å²) in [5, 5.41) is 3.83. The Kier molecular flexibility index (Phi) is 6.15. The number of hydrogen-bond donors (Lipinski definition) is 1. The van der Waals surface area contributed by atoms with Crippen LogP contribution in [0.5, 0.6) is 0 Å². The molecule has 0 amide bonds. The summed E-state index contributed by atoms with van der Waals surface area (Å²) in [4.78, 5) is 2.81. The summed E-state index contributed by atoms with van der Waals surface area (Å²) in [6.07, 6.45) is 9.74. The Morgan fingerprint density at radius 2 is 1.79 bits per heavy atom. The first-order valence-corrected chi connectivity index (χ1v) is 8.72. The van der Waals surface area contributed by atoms with Gasteiger partial charge in [-0.25, -0.2) is 0 Å². The zero-order valence-electron chi connectivity index (χ0n) is 13.3. The summed E-state index contributed by atoms with van der Waals surface area (Å²) in [6.45, 7) is 10.9. The predicted molar refractivity (Wildman–Crippen MR) is 83.5 cm³/mol. The summed E-state index contributed by atoms with van der Waals surface area (Å²) < 4.78 is 0. The van der Waals surface area contributed by atoms with Crippen molar-refractivity contribution in [3.05, 3.63) is 0 Å². The zero-order chi connectivity index (χ0) is 13.7. The summed E-state index contributed by atoms with van der Waals surface area (Å²) in [5.74, 6) is 1.92. The van der Waals surface area contributed by atoms with Crippen molar-refractivity contribution in [2.45, 2.75) is 77.8 Å². The first-order valence-electron chi connectivity index (χ1n) is 8.72. The molecule has 1 N–H and O–H groups in total. The molecule has 2 rings (SSSR count). The molecule has 2 fully saturated rings. The molecule has 3 atom stereocenters. The number of likely N-dealkylation sites (tertiary alicyclic amines) is 1. The lowest BCUT2D eigenvalue weighted by atomic mass is 9.79. The SMILES string of the molecule is CCCNC1CCC(CC)CC1N1CCC(C)CC1. The molecule has 1 saturated carbocycles. The highest BCUT2D eigenvalue weighted by molar-refractivity contribution is 4.92. The molecule has 0 spiro atoms. The summed E-state index contributed by atoms with van der Waals surface area (Å²) in [5.41, 5.74) is 0. The van der Waals surface area contributed by atoms with E-state index in [4.69, 9.17) is 0 Å². The Bertz CT molecular complexity index is 241. The van der Waals surface area contributed by atoms with E-state index >= 15 is 0 Å². The molecular weight excluding hydrogens is 232 g/mol. The Hall–Kier alpha value is -0.0800. The van der Waals surface area contributed by atoms with E-state index < -0.39 is 0 Å². The maximum Gasteiger partial charge on any atom is 0.0251 e. The van der Waals surface area contributed by atoms with Crippen LogP contribution in [0.1, 0.15) is 65.7 Å². The van der Waals surface area contributed by atoms with E-state index in [1.165, 1.54) is 64.6 Å². The molecule has 0 bridgehead atoms. The standard InChI is InChI=1S/C17H34N2/c1-4-10-18-16-7-6-15(5-2)13-17(16)19-11-8-14(3)9-12-19/h14-18H,4-13H2,1-3H3. The first kappa shape index (κ1) is 15.3. The van der Waals surface area contributed by atoms with Crippen molar-refractivity contribution in [1.29, 1.82) is 0 Å². The molecule has 0 aromatic heterocycles. The third kappa shape index (κ3) is 4.19. The molecule has 1 heterocycles. The Morgan fingerprint density at radius 3 is 2.42 bits per heavy atom. The minimum Gasteiger partial charge on any atom is -0.312 e. The van der Waals surface area contributed by atoms with Crippen molar-refractivity contribution in [3.8, 4) is 0 Å². The van der Waals surface area contributed by atoms with Crippen molar-refractivity contribution >= 4 is 0 Å². The molecule has 3 unspecified atom stereocenters. The highest BCUT2D eigenvalue weighted by Gasteiger charge is 2.34. The molecule has 2 nitrogen and oxygen atoms in total. The first-order chi connectivity index (χ1) is 9.24. The minimum atomic E-state index is 0.760. The topological polar surface area (TPSA) is 15.3 Å². The fourth-order valence-electron chi connectivity index (χ4n) is 3.93. The number of piperidine rings is 1. The molecule has 2 heteroatoms. The van der Waals surface area contributed by atoms with E-state index in [9.17, 15) is 0 Å². The van der Waals surface area contributed by atoms with Crippen LogP contribution in [0.4, 0.5) is 0 Å². The van der Waals surface area contributed by atoms with Crippen LogP contribution in [0.15, 0.2) is 0 Å². The van der Waals surface area contributed by atoms with Gasteiger partial charge in [0.1, 0.15) is 0 Å². The van der Waals surface area contributed by atoms with Crippen LogP contribution in [-0.4, -0.2) is 36.6 Å². The summed E-state index contributed by atoms with van der Waals surface area (Å²) >= 11 is 0. The molecule has 112 valence electrons. The maximum atomic E-state index is 3.83. The molecule has 0 radical (unpaired) electrons. The van der Waals surface area contributed by atoms with Crippen LogP contribution >= 0.6 is 0 Å². The van der Waals surface area contributed by atoms with Crippen LogP contribution in [0.3, 0.4) is 0 Å². The normalized spacial score (nSPS) is 34.6. The maximum absolute atomic E-state index is 3.83. The molecule has 1 aliphatic carbocycles. The van der Waals surface area contributed by atoms with Gasteiger partial charge in [0, 0.05) is 12.1 Å². The third-order valence-corrected chi connectivity index (χ3v) is 5.45. The second-order valence-electron chi connectivity index (χ2n) is 6.93. The summed E-state index contributed by atoms with van der Waals surface area (Å²) in [7, 11) is 0. The van der Waals surface area contributed by atoms with E-state index in [1.807, 2.05) is 0 Å². The van der Waals surface area contributed by atoms with Gasteiger partial charge in [-0.15, -0.1) is 0 Å². The molecular formula is C17H34N2. The quantitative estimate of drug-likeness (QED) is 0.817. The van der Waals surface area contributed by atoms with Gasteiger partial charge in [-0.3, -0.25) is 4.90 Å². The van der Waals surface area contributed by atoms with Crippen LogP contribution < -0.4 is 5.32 Å². The third-order valence-electron chi connectivity index (χ3n) is 5.45. The lowest BCUT2D eigenvalue weighted by molar-refractivity contribution is 0.0668.